The second-order valence-corrected chi connectivity index (χ2v) is 9.59. The van der Waals surface area contributed by atoms with Crippen molar-refractivity contribution in [2.45, 2.75) is 84.2 Å². The van der Waals surface area contributed by atoms with Gasteiger partial charge in [-0.3, -0.25) is 9.59 Å². The molecule has 1 aromatic carbocycles. The number of carbonyl (C=O) groups excluding carboxylic acids is 2. The van der Waals surface area contributed by atoms with Gasteiger partial charge in [0.15, 0.2) is 6.10 Å². The summed E-state index contributed by atoms with van der Waals surface area (Å²) < 4.78 is 5.91. The van der Waals surface area contributed by atoms with E-state index < -0.39 is 6.10 Å². The van der Waals surface area contributed by atoms with Crippen LogP contribution in [0.4, 0.5) is 0 Å². The van der Waals surface area contributed by atoms with Crippen molar-refractivity contribution >= 4 is 11.8 Å². The molecule has 2 amide bonds. The number of ether oxygens (including phenoxy) is 1. The van der Waals surface area contributed by atoms with Crippen molar-refractivity contribution in [2.75, 3.05) is 26.2 Å². The van der Waals surface area contributed by atoms with Gasteiger partial charge in [-0.25, -0.2) is 0 Å². The molecule has 1 saturated carbocycles. The van der Waals surface area contributed by atoms with Crippen LogP contribution in [-0.2, 0) is 9.59 Å². The van der Waals surface area contributed by atoms with Gasteiger partial charge in [0.05, 0.1) is 0 Å². The van der Waals surface area contributed by atoms with Gasteiger partial charge in [-0.15, -0.1) is 0 Å². The van der Waals surface area contributed by atoms with Crippen LogP contribution in [0.5, 0.6) is 5.75 Å². The van der Waals surface area contributed by atoms with Gasteiger partial charge >= 0.3 is 0 Å². The van der Waals surface area contributed by atoms with Gasteiger partial charge in [-0.05, 0) is 49.3 Å². The second kappa shape index (κ2) is 11.5. The lowest BCUT2D eigenvalue weighted by Crippen LogP contribution is -2.43. The van der Waals surface area contributed by atoms with Crippen LogP contribution in [0.15, 0.2) is 24.3 Å². The molecule has 2 aliphatic rings. The van der Waals surface area contributed by atoms with Crippen LogP contribution in [0.1, 0.15) is 83.6 Å². The Morgan fingerprint density at radius 3 is 2.23 bits per heavy atom. The SMILES string of the molecule is CC(Oc1ccc(C(C)C)cc1)C(=O)N1CCCN(C(=O)CCC2CCCCC2)CC1. The summed E-state index contributed by atoms with van der Waals surface area (Å²) in [5.74, 6) is 2.19. The van der Waals surface area contributed by atoms with Crippen LogP contribution < -0.4 is 4.74 Å². The highest BCUT2D eigenvalue weighted by molar-refractivity contribution is 5.81. The monoisotopic (exact) mass is 428 g/mol. The van der Waals surface area contributed by atoms with Crippen LogP contribution >= 0.6 is 0 Å². The summed E-state index contributed by atoms with van der Waals surface area (Å²) in [4.78, 5) is 29.5. The third-order valence-corrected chi connectivity index (χ3v) is 6.86. The molecule has 1 saturated heterocycles. The first-order chi connectivity index (χ1) is 14.9. The first kappa shape index (κ1) is 23.6. The van der Waals surface area contributed by atoms with Gasteiger partial charge in [0.25, 0.3) is 5.91 Å². The third-order valence-electron chi connectivity index (χ3n) is 6.86. The molecule has 1 aliphatic carbocycles. The van der Waals surface area contributed by atoms with E-state index in [-0.39, 0.29) is 11.8 Å². The summed E-state index contributed by atoms with van der Waals surface area (Å²) in [7, 11) is 0. The largest absolute Gasteiger partial charge is 0.481 e. The highest BCUT2D eigenvalue weighted by atomic mass is 16.5. The van der Waals surface area contributed by atoms with E-state index in [0.717, 1.165) is 31.1 Å². The minimum atomic E-state index is -0.529. The lowest BCUT2D eigenvalue weighted by Gasteiger charge is -2.26. The molecule has 2 fully saturated rings. The number of nitrogens with zero attached hydrogens (tertiary/aromatic N) is 2. The van der Waals surface area contributed by atoms with Crippen LogP contribution in [-0.4, -0.2) is 53.9 Å². The molecule has 1 aromatic rings. The van der Waals surface area contributed by atoms with Gasteiger partial charge in [-0.2, -0.15) is 0 Å². The maximum atomic E-state index is 12.9. The van der Waals surface area contributed by atoms with Crippen molar-refractivity contribution < 1.29 is 14.3 Å². The van der Waals surface area contributed by atoms with Crippen molar-refractivity contribution in [3.05, 3.63) is 29.8 Å². The average Bonchev–Trinajstić information content (AvgIpc) is 3.04. The van der Waals surface area contributed by atoms with Gasteiger partial charge in [0.1, 0.15) is 5.75 Å². The predicted molar refractivity (Wildman–Crippen MR) is 124 cm³/mol. The van der Waals surface area contributed by atoms with E-state index in [1.165, 1.54) is 37.7 Å². The summed E-state index contributed by atoms with van der Waals surface area (Å²) in [6.45, 7) is 8.79. The molecule has 1 unspecified atom stereocenters. The Labute approximate surface area is 188 Å². The highest BCUT2D eigenvalue weighted by Gasteiger charge is 2.26. The van der Waals surface area contributed by atoms with Crippen LogP contribution in [0, 0.1) is 5.92 Å². The molecular weight excluding hydrogens is 388 g/mol. The van der Waals surface area contributed by atoms with Crippen molar-refractivity contribution in [1.29, 1.82) is 0 Å². The normalized spacial score (nSPS) is 19.2. The van der Waals surface area contributed by atoms with Gasteiger partial charge in [0, 0.05) is 32.6 Å². The molecule has 5 heteroatoms. The zero-order valence-electron chi connectivity index (χ0n) is 19.6. The van der Waals surface area contributed by atoms with Crippen LogP contribution in [0.25, 0.3) is 0 Å². The average molecular weight is 429 g/mol. The molecule has 5 nitrogen and oxygen atoms in total. The summed E-state index contributed by atoms with van der Waals surface area (Å²) in [5.41, 5.74) is 1.26. The summed E-state index contributed by atoms with van der Waals surface area (Å²) in [6, 6.07) is 7.99. The standard InChI is InChI=1S/C26H40N2O3/c1-20(2)23-11-13-24(14-12-23)31-21(3)26(30)28-17-7-16-27(18-19-28)25(29)15-10-22-8-5-4-6-9-22/h11-14,20-22H,4-10,15-19H2,1-3H3. The first-order valence-electron chi connectivity index (χ1n) is 12.3. The van der Waals surface area contributed by atoms with E-state index in [1.54, 1.807) is 0 Å². The first-order valence-corrected chi connectivity index (χ1v) is 12.3. The minimum absolute atomic E-state index is 0.00411. The molecule has 0 spiro atoms. The number of benzene rings is 1. The molecule has 0 N–H and O–H groups in total. The Kier molecular flexibility index (Phi) is 8.79. The smallest absolute Gasteiger partial charge is 0.263 e. The van der Waals surface area contributed by atoms with Gasteiger partial charge in [-0.1, -0.05) is 58.1 Å². The van der Waals surface area contributed by atoms with Crippen molar-refractivity contribution in [3.8, 4) is 5.75 Å². The number of rotatable bonds is 7. The zero-order valence-corrected chi connectivity index (χ0v) is 19.6. The van der Waals surface area contributed by atoms with E-state index >= 15 is 0 Å². The Hall–Kier alpha value is -2.04. The Bertz CT molecular complexity index is 710. The number of hydrogen-bond acceptors (Lipinski definition) is 3. The highest BCUT2D eigenvalue weighted by Crippen LogP contribution is 2.27. The van der Waals surface area contributed by atoms with E-state index in [0.29, 0.717) is 32.0 Å². The quantitative estimate of drug-likeness (QED) is 0.614. The molecule has 172 valence electrons. The minimum Gasteiger partial charge on any atom is -0.481 e. The van der Waals surface area contributed by atoms with E-state index in [2.05, 4.69) is 26.0 Å². The molecule has 0 bridgehead atoms. The van der Waals surface area contributed by atoms with Crippen molar-refractivity contribution in [3.63, 3.8) is 0 Å². The summed E-state index contributed by atoms with van der Waals surface area (Å²) in [6.07, 6.45) is 8.55. The van der Waals surface area contributed by atoms with Crippen LogP contribution in [0.2, 0.25) is 0 Å². The fourth-order valence-corrected chi connectivity index (χ4v) is 4.79. The fraction of sp³-hybridized carbons (Fsp3) is 0.692. The van der Waals surface area contributed by atoms with Crippen LogP contribution in [0.3, 0.4) is 0 Å². The maximum absolute atomic E-state index is 12.9. The van der Waals surface area contributed by atoms with E-state index in [4.69, 9.17) is 4.74 Å². The molecule has 31 heavy (non-hydrogen) atoms. The lowest BCUT2D eigenvalue weighted by atomic mass is 9.86. The number of hydrogen-bond donors (Lipinski definition) is 0. The van der Waals surface area contributed by atoms with Gasteiger partial charge in [0.2, 0.25) is 5.91 Å². The lowest BCUT2D eigenvalue weighted by molar-refractivity contribution is -0.138. The number of carbonyl (C=O) groups is 2. The zero-order chi connectivity index (χ0) is 22.2. The van der Waals surface area contributed by atoms with Crippen molar-refractivity contribution in [2.24, 2.45) is 5.92 Å². The molecule has 1 heterocycles. The second-order valence-electron chi connectivity index (χ2n) is 9.59. The van der Waals surface area contributed by atoms with E-state index in [9.17, 15) is 9.59 Å². The summed E-state index contributed by atoms with van der Waals surface area (Å²) >= 11 is 0. The molecule has 3 rings (SSSR count). The molecule has 1 aliphatic heterocycles. The summed E-state index contributed by atoms with van der Waals surface area (Å²) in [5, 5.41) is 0. The molecule has 1 atom stereocenters. The van der Waals surface area contributed by atoms with Gasteiger partial charge < -0.3 is 14.5 Å². The topological polar surface area (TPSA) is 49.9 Å². The van der Waals surface area contributed by atoms with Crippen molar-refractivity contribution in [1.82, 2.24) is 9.80 Å². The molecule has 0 aromatic heterocycles. The Balaban J connectivity index is 1.45. The number of amides is 2. The molecule has 0 radical (unpaired) electrons. The third kappa shape index (κ3) is 6.98. The maximum Gasteiger partial charge on any atom is 0.263 e. The molecular formula is C26H40N2O3. The predicted octanol–water partition coefficient (Wildman–Crippen LogP) is 5.00. The Morgan fingerprint density at radius 1 is 0.903 bits per heavy atom. The van der Waals surface area contributed by atoms with E-state index in [1.807, 2.05) is 28.9 Å². The Morgan fingerprint density at radius 2 is 1.55 bits per heavy atom. The fourth-order valence-electron chi connectivity index (χ4n) is 4.79.